The lowest BCUT2D eigenvalue weighted by atomic mass is 9.84. The van der Waals surface area contributed by atoms with E-state index in [1.54, 1.807) is 41.7 Å². The zero-order chi connectivity index (χ0) is 39.7. The minimum atomic E-state index is -1.35. The molecule has 0 radical (unpaired) electrons. The van der Waals surface area contributed by atoms with Gasteiger partial charge in [-0.2, -0.15) is 0 Å². The van der Waals surface area contributed by atoms with E-state index in [0.29, 0.717) is 30.0 Å². The number of aryl methyl sites for hydroxylation is 1. The summed E-state index contributed by atoms with van der Waals surface area (Å²) in [6.07, 6.45) is -0.582. The topological polar surface area (TPSA) is 207 Å². The predicted octanol–water partition coefficient (Wildman–Crippen LogP) is 3.95. The van der Waals surface area contributed by atoms with Gasteiger partial charge < -0.3 is 41.5 Å². The molecule has 4 atom stereocenters. The van der Waals surface area contributed by atoms with Crippen LogP contribution in [0.5, 0.6) is 5.75 Å². The number of para-hydroxylation sites is 1. The Balaban J connectivity index is 1.08. The molecule has 55 heavy (non-hydrogen) atoms. The number of nitrogen functional groups attached to an aromatic ring is 1. The maximum absolute atomic E-state index is 14.2. The van der Waals surface area contributed by atoms with Crippen LogP contribution < -0.4 is 21.3 Å². The van der Waals surface area contributed by atoms with Crippen molar-refractivity contribution in [1.82, 2.24) is 30.7 Å². The van der Waals surface area contributed by atoms with Crippen molar-refractivity contribution < 1.29 is 29.7 Å². The Morgan fingerprint density at radius 1 is 1.05 bits per heavy atom. The summed E-state index contributed by atoms with van der Waals surface area (Å²) in [7, 11) is 0. The van der Waals surface area contributed by atoms with Crippen LogP contribution in [0.25, 0.3) is 21.7 Å². The number of nitrogens with zero attached hydrogens (tertiary/aromatic N) is 5. The minimum absolute atomic E-state index is 0.0466. The first-order chi connectivity index (χ1) is 26.0. The third kappa shape index (κ3) is 8.90. The van der Waals surface area contributed by atoms with E-state index in [0.717, 1.165) is 21.7 Å². The number of hydrogen-bond donors (Lipinski definition) is 6. The highest BCUT2D eigenvalue weighted by Crippen LogP contribution is 2.35. The summed E-state index contributed by atoms with van der Waals surface area (Å²) in [6.45, 7) is 9.99. The van der Waals surface area contributed by atoms with Crippen LogP contribution in [0.4, 0.5) is 11.5 Å². The maximum atomic E-state index is 14.2. The van der Waals surface area contributed by atoms with Gasteiger partial charge in [0.1, 0.15) is 17.8 Å². The number of phenolic OH excluding ortho intramolecular Hbond substituents is 1. The zero-order valence-electron chi connectivity index (χ0n) is 31.8. The van der Waals surface area contributed by atoms with Crippen molar-refractivity contribution in [1.29, 1.82) is 0 Å². The SMILES string of the molecule is Cc1ncsc1-c1ccc([C@H](C)NC(=O)[C@@H]2C[C@@H](O)CN2C(=O)C(NC(=O)CC2(O)CCN(c3cc(-c4ccccc4O)nnc3N)CC2)C(C)(C)C)cc1. The first kappa shape index (κ1) is 39.6. The third-order valence-electron chi connectivity index (χ3n) is 10.6. The van der Waals surface area contributed by atoms with Crippen LogP contribution in [0.3, 0.4) is 0 Å². The van der Waals surface area contributed by atoms with Crippen LogP contribution in [0.15, 0.2) is 60.1 Å². The molecule has 15 heteroatoms. The summed E-state index contributed by atoms with van der Waals surface area (Å²) in [5.41, 5.74) is 10.4. The summed E-state index contributed by atoms with van der Waals surface area (Å²) in [5, 5.41) is 46.6. The monoisotopic (exact) mass is 770 g/mol. The number of rotatable bonds is 10. The van der Waals surface area contributed by atoms with Gasteiger partial charge in [-0.15, -0.1) is 21.5 Å². The molecule has 7 N–H and O–H groups in total. The van der Waals surface area contributed by atoms with Crippen molar-refractivity contribution >= 4 is 40.6 Å². The lowest BCUT2D eigenvalue weighted by Gasteiger charge is -2.40. The molecule has 0 bridgehead atoms. The van der Waals surface area contributed by atoms with Crippen LogP contribution in [0, 0.1) is 12.3 Å². The molecule has 14 nitrogen and oxygen atoms in total. The van der Waals surface area contributed by atoms with Gasteiger partial charge in [0.15, 0.2) is 5.82 Å². The lowest BCUT2D eigenvalue weighted by molar-refractivity contribution is -0.145. The van der Waals surface area contributed by atoms with Crippen LogP contribution in [-0.2, 0) is 14.4 Å². The molecule has 0 saturated carbocycles. The number of aliphatic hydroxyl groups excluding tert-OH is 1. The summed E-state index contributed by atoms with van der Waals surface area (Å²) in [6, 6.07) is 14.1. The Hall–Kier alpha value is -5.12. The summed E-state index contributed by atoms with van der Waals surface area (Å²) >= 11 is 1.57. The van der Waals surface area contributed by atoms with Crippen molar-refractivity contribution in [2.24, 2.45) is 5.41 Å². The second-order valence-electron chi connectivity index (χ2n) is 15.8. The van der Waals surface area contributed by atoms with Gasteiger partial charge in [0.2, 0.25) is 17.7 Å². The van der Waals surface area contributed by atoms with Crippen molar-refractivity contribution in [2.75, 3.05) is 30.3 Å². The normalized spacial score (nSPS) is 19.5. The summed E-state index contributed by atoms with van der Waals surface area (Å²) in [4.78, 5) is 50.2. The van der Waals surface area contributed by atoms with E-state index in [-0.39, 0.29) is 49.8 Å². The fourth-order valence-corrected chi connectivity index (χ4v) is 8.15. The second kappa shape index (κ2) is 15.9. The highest BCUT2D eigenvalue weighted by atomic mass is 32.1. The number of carbonyl (C=O) groups is 3. The van der Waals surface area contributed by atoms with E-state index >= 15 is 0 Å². The predicted molar refractivity (Wildman–Crippen MR) is 211 cm³/mol. The number of phenols is 1. The lowest BCUT2D eigenvalue weighted by Crippen LogP contribution is -2.58. The molecule has 2 aliphatic rings. The number of benzene rings is 2. The molecule has 6 rings (SSSR count). The number of thiazole rings is 1. The van der Waals surface area contributed by atoms with E-state index in [1.807, 2.05) is 69.3 Å². The number of aliphatic hydroxyl groups is 2. The molecule has 0 aliphatic carbocycles. The molecule has 2 aromatic carbocycles. The summed E-state index contributed by atoms with van der Waals surface area (Å²) < 4.78 is 0. The van der Waals surface area contributed by atoms with Gasteiger partial charge in [0, 0.05) is 31.6 Å². The number of amides is 3. The Morgan fingerprint density at radius 2 is 1.75 bits per heavy atom. The molecule has 292 valence electrons. The Kier molecular flexibility index (Phi) is 11.5. The van der Waals surface area contributed by atoms with Gasteiger partial charge in [-0.1, -0.05) is 57.2 Å². The first-order valence-electron chi connectivity index (χ1n) is 18.5. The molecular weight excluding hydrogens is 721 g/mol. The number of piperidine rings is 1. The van der Waals surface area contributed by atoms with Crippen LogP contribution in [-0.4, -0.2) is 96.5 Å². The van der Waals surface area contributed by atoms with Gasteiger partial charge in [-0.3, -0.25) is 14.4 Å². The largest absolute Gasteiger partial charge is 0.507 e. The number of aromatic hydroxyl groups is 1. The van der Waals surface area contributed by atoms with Gasteiger partial charge in [0.25, 0.3) is 0 Å². The number of aromatic nitrogens is 3. The minimum Gasteiger partial charge on any atom is -0.507 e. The fraction of sp³-hybridized carbons (Fsp3) is 0.450. The van der Waals surface area contributed by atoms with E-state index < -0.39 is 46.9 Å². The number of likely N-dealkylation sites (tertiary alicyclic amines) is 1. The van der Waals surface area contributed by atoms with Crippen molar-refractivity contribution in [3.8, 4) is 27.4 Å². The van der Waals surface area contributed by atoms with Gasteiger partial charge in [-0.25, -0.2) is 4.98 Å². The number of β-amino-alcohol motifs (C(OH)–C–C–N with tert-alkyl or cyclic N) is 1. The average Bonchev–Trinajstić information content (AvgIpc) is 3.76. The van der Waals surface area contributed by atoms with E-state index in [4.69, 9.17) is 5.73 Å². The highest BCUT2D eigenvalue weighted by molar-refractivity contribution is 7.13. The molecule has 0 spiro atoms. The zero-order valence-corrected chi connectivity index (χ0v) is 32.6. The van der Waals surface area contributed by atoms with Gasteiger partial charge in [-0.05, 0) is 61.4 Å². The Labute approximate surface area is 324 Å². The number of carbonyl (C=O) groups excluding carboxylic acids is 3. The molecule has 2 fully saturated rings. The molecular formula is C40H50N8O6S. The van der Waals surface area contributed by atoms with Crippen molar-refractivity contribution in [3.05, 3.63) is 71.4 Å². The average molecular weight is 771 g/mol. The molecule has 3 amide bonds. The molecule has 2 saturated heterocycles. The van der Waals surface area contributed by atoms with Crippen LogP contribution in [0.2, 0.25) is 0 Å². The number of anilines is 2. The maximum Gasteiger partial charge on any atom is 0.246 e. The molecule has 2 aromatic heterocycles. The van der Waals surface area contributed by atoms with Gasteiger partial charge >= 0.3 is 0 Å². The highest BCUT2D eigenvalue weighted by Gasteiger charge is 2.45. The van der Waals surface area contributed by atoms with E-state index in [1.165, 1.54) is 4.90 Å². The van der Waals surface area contributed by atoms with Crippen LogP contribution in [0.1, 0.15) is 70.7 Å². The number of nitrogens with two attached hydrogens (primary N) is 1. The first-order valence-corrected chi connectivity index (χ1v) is 19.4. The standard InChI is InChI=1S/C40H50N8O6S/c1-23(25-10-12-26(13-11-25)34-24(2)42-22-55-34)43-37(52)31-18-27(49)21-48(31)38(53)35(39(3,4)5)44-33(51)20-40(54)14-16-47(17-15-40)30-19-29(45-46-36(30)41)28-8-6-7-9-32(28)50/h6-13,19,22-23,27,31,35,49-50,54H,14-18,20-21H2,1-5H3,(H2,41,46)(H,43,52)(H,44,51)/t23-,27+,31-,35?/m0/s1. The fourth-order valence-electron chi connectivity index (χ4n) is 7.33. The molecule has 4 heterocycles. The Bertz CT molecular complexity index is 2020. The summed E-state index contributed by atoms with van der Waals surface area (Å²) in [5.74, 6) is -1.09. The van der Waals surface area contributed by atoms with Gasteiger partial charge in [0.05, 0.1) is 51.6 Å². The van der Waals surface area contributed by atoms with Crippen molar-refractivity contribution in [2.45, 2.75) is 90.1 Å². The number of hydrogen-bond acceptors (Lipinski definition) is 12. The number of nitrogens with one attached hydrogen (secondary N) is 2. The molecule has 1 unspecified atom stereocenters. The van der Waals surface area contributed by atoms with Crippen LogP contribution >= 0.6 is 11.3 Å². The third-order valence-corrected chi connectivity index (χ3v) is 11.5. The molecule has 4 aromatic rings. The van der Waals surface area contributed by atoms with Crippen molar-refractivity contribution in [3.63, 3.8) is 0 Å². The molecule has 2 aliphatic heterocycles. The smallest absolute Gasteiger partial charge is 0.246 e. The Morgan fingerprint density at radius 3 is 2.38 bits per heavy atom. The second-order valence-corrected chi connectivity index (χ2v) is 16.6. The van der Waals surface area contributed by atoms with E-state index in [2.05, 4.69) is 25.8 Å². The quantitative estimate of drug-likeness (QED) is 0.136. The van der Waals surface area contributed by atoms with E-state index in [9.17, 15) is 29.7 Å².